The molecule has 3 N–H and O–H groups in total. The van der Waals surface area contributed by atoms with E-state index < -0.39 is 36.2 Å². The van der Waals surface area contributed by atoms with Gasteiger partial charge in [0.1, 0.15) is 16.3 Å². The van der Waals surface area contributed by atoms with Crippen LogP contribution < -0.4 is 10.6 Å². The zero-order valence-corrected chi connectivity index (χ0v) is 18.4. The number of nitrogens with zero attached hydrogens (tertiary/aromatic N) is 1. The van der Waals surface area contributed by atoms with Crippen molar-refractivity contribution in [3.63, 3.8) is 0 Å². The highest BCUT2D eigenvalue weighted by Gasteiger charge is 2.23. The minimum absolute atomic E-state index is 0.0596. The van der Waals surface area contributed by atoms with Gasteiger partial charge in [-0.25, -0.2) is 14.6 Å². The summed E-state index contributed by atoms with van der Waals surface area (Å²) in [5.74, 6) is -1.40. The number of ether oxygens (including phenoxy) is 2. The molecule has 0 saturated carbocycles. The van der Waals surface area contributed by atoms with Crippen LogP contribution >= 0.6 is 22.9 Å². The summed E-state index contributed by atoms with van der Waals surface area (Å²) in [6.45, 7) is 4.67. The number of esters is 1. The van der Waals surface area contributed by atoms with Crippen LogP contribution in [-0.4, -0.2) is 53.4 Å². The van der Waals surface area contributed by atoms with Crippen LogP contribution in [0, 0.1) is 0 Å². The lowest BCUT2D eigenvalue weighted by Crippen LogP contribution is -2.44. The third-order valence-corrected chi connectivity index (χ3v) is 4.74. The number of anilines is 1. The van der Waals surface area contributed by atoms with E-state index in [9.17, 15) is 19.5 Å². The molecule has 30 heavy (non-hydrogen) atoms. The van der Waals surface area contributed by atoms with E-state index in [4.69, 9.17) is 16.3 Å². The highest BCUT2D eigenvalue weighted by Crippen LogP contribution is 2.32. The second-order valence-electron chi connectivity index (χ2n) is 7.09. The molecule has 0 radical (unpaired) electrons. The minimum atomic E-state index is -1.19. The van der Waals surface area contributed by atoms with Crippen LogP contribution in [0.15, 0.2) is 23.6 Å². The van der Waals surface area contributed by atoms with Gasteiger partial charge in [0, 0.05) is 16.6 Å². The van der Waals surface area contributed by atoms with Crippen LogP contribution in [0.3, 0.4) is 0 Å². The Kier molecular flexibility index (Phi) is 7.77. The van der Waals surface area contributed by atoms with Gasteiger partial charge in [0.05, 0.1) is 18.7 Å². The van der Waals surface area contributed by atoms with E-state index >= 15 is 0 Å². The Bertz CT molecular complexity index is 941. The summed E-state index contributed by atoms with van der Waals surface area (Å²) in [4.78, 5) is 39.9. The molecule has 1 heterocycles. The smallest absolute Gasteiger partial charge is 0.412 e. The summed E-state index contributed by atoms with van der Waals surface area (Å²) in [6, 6.07) is 3.64. The summed E-state index contributed by atoms with van der Waals surface area (Å²) < 4.78 is 9.70. The van der Waals surface area contributed by atoms with Crippen molar-refractivity contribution in [3.8, 4) is 10.6 Å². The van der Waals surface area contributed by atoms with Gasteiger partial charge in [0.2, 0.25) is 0 Å². The molecule has 11 heteroatoms. The summed E-state index contributed by atoms with van der Waals surface area (Å²) >= 11 is 7.49. The number of thiazole rings is 1. The van der Waals surface area contributed by atoms with Crippen LogP contribution in [0.5, 0.6) is 0 Å². The monoisotopic (exact) mass is 455 g/mol. The third kappa shape index (κ3) is 6.41. The molecule has 0 spiro atoms. The second-order valence-corrected chi connectivity index (χ2v) is 8.36. The number of rotatable bonds is 6. The van der Waals surface area contributed by atoms with E-state index in [-0.39, 0.29) is 5.69 Å². The van der Waals surface area contributed by atoms with Crippen molar-refractivity contribution < 1.29 is 29.0 Å². The number of carbonyl (C=O) groups is 3. The van der Waals surface area contributed by atoms with E-state index in [2.05, 4.69) is 20.4 Å². The van der Waals surface area contributed by atoms with Gasteiger partial charge in [0.25, 0.3) is 5.91 Å². The molecule has 1 atom stereocenters. The highest BCUT2D eigenvalue weighted by molar-refractivity contribution is 7.13. The maximum Gasteiger partial charge on any atom is 0.412 e. The molecule has 1 aromatic carbocycles. The Morgan fingerprint density at radius 3 is 2.57 bits per heavy atom. The van der Waals surface area contributed by atoms with Gasteiger partial charge in [-0.05, 0) is 39.0 Å². The molecule has 162 valence electrons. The maximum absolute atomic E-state index is 12.3. The summed E-state index contributed by atoms with van der Waals surface area (Å²) in [6.07, 6.45) is -0.608. The number of aromatic nitrogens is 1. The molecule has 0 bridgehead atoms. The number of benzene rings is 1. The summed E-state index contributed by atoms with van der Waals surface area (Å²) in [5.41, 5.74) is 0.428. The number of aliphatic hydroxyl groups is 1. The van der Waals surface area contributed by atoms with Gasteiger partial charge in [0.15, 0.2) is 6.04 Å². The zero-order valence-electron chi connectivity index (χ0n) is 16.8. The molecular formula is C19H22ClN3O6S. The first-order chi connectivity index (χ1) is 14.0. The van der Waals surface area contributed by atoms with Gasteiger partial charge >= 0.3 is 12.1 Å². The first-order valence-electron chi connectivity index (χ1n) is 8.79. The van der Waals surface area contributed by atoms with Gasteiger partial charge in [-0.15, -0.1) is 11.3 Å². The maximum atomic E-state index is 12.3. The van der Waals surface area contributed by atoms with E-state index in [0.29, 0.717) is 21.3 Å². The van der Waals surface area contributed by atoms with E-state index in [0.717, 1.165) is 7.11 Å². The third-order valence-electron chi connectivity index (χ3n) is 3.56. The molecule has 2 rings (SSSR count). The number of hydrogen-bond acceptors (Lipinski definition) is 8. The van der Waals surface area contributed by atoms with E-state index in [1.54, 1.807) is 39.0 Å². The second kappa shape index (κ2) is 9.88. The molecule has 0 aliphatic rings. The fraction of sp³-hybridized carbons (Fsp3) is 0.368. The first-order valence-corrected chi connectivity index (χ1v) is 10.0. The van der Waals surface area contributed by atoms with Gasteiger partial charge in [-0.2, -0.15) is 0 Å². The Morgan fingerprint density at radius 2 is 2.00 bits per heavy atom. The van der Waals surface area contributed by atoms with Crippen molar-refractivity contribution in [3.05, 3.63) is 34.3 Å². The Morgan fingerprint density at radius 1 is 1.30 bits per heavy atom. The summed E-state index contributed by atoms with van der Waals surface area (Å²) in [5, 5.41) is 16.4. The minimum Gasteiger partial charge on any atom is -0.467 e. The number of methoxy groups -OCH3 is 1. The molecule has 1 unspecified atom stereocenters. The predicted molar refractivity (Wildman–Crippen MR) is 113 cm³/mol. The molecule has 9 nitrogen and oxygen atoms in total. The topological polar surface area (TPSA) is 127 Å². The van der Waals surface area contributed by atoms with Gasteiger partial charge < -0.3 is 19.9 Å². The van der Waals surface area contributed by atoms with Crippen molar-refractivity contribution in [1.29, 1.82) is 0 Å². The molecule has 0 aliphatic carbocycles. The molecule has 0 saturated heterocycles. The fourth-order valence-corrected chi connectivity index (χ4v) is 3.41. The van der Waals surface area contributed by atoms with Crippen molar-refractivity contribution in [2.75, 3.05) is 19.0 Å². The number of aliphatic hydroxyl groups excluding tert-OH is 1. The lowest BCUT2D eigenvalue weighted by atomic mass is 10.2. The molecule has 2 aromatic rings. The van der Waals surface area contributed by atoms with Crippen molar-refractivity contribution in [2.24, 2.45) is 0 Å². The van der Waals surface area contributed by atoms with Crippen LogP contribution in [0.2, 0.25) is 5.02 Å². The fourth-order valence-electron chi connectivity index (χ4n) is 2.24. The Balaban J connectivity index is 2.12. The Labute approximate surface area is 182 Å². The molecule has 1 aromatic heterocycles. The Hall–Kier alpha value is -2.69. The van der Waals surface area contributed by atoms with Gasteiger partial charge in [-0.3, -0.25) is 10.1 Å². The van der Waals surface area contributed by atoms with E-state index in [1.165, 1.54) is 16.7 Å². The molecular weight excluding hydrogens is 434 g/mol. The lowest BCUT2D eigenvalue weighted by Gasteiger charge is -2.19. The average molecular weight is 456 g/mol. The van der Waals surface area contributed by atoms with Crippen LogP contribution in [0.25, 0.3) is 10.6 Å². The molecule has 0 fully saturated rings. The molecule has 0 aliphatic heterocycles. The van der Waals surface area contributed by atoms with Gasteiger partial charge in [-0.1, -0.05) is 11.6 Å². The van der Waals surface area contributed by atoms with Crippen molar-refractivity contribution in [2.45, 2.75) is 32.4 Å². The first kappa shape index (κ1) is 23.6. The van der Waals surface area contributed by atoms with E-state index in [1.807, 2.05) is 0 Å². The van der Waals surface area contributed by atoms with Crippen LogP contribution in [0.1, 0.15) is 31.3 Å². The average Bonchev–Trinajstić information content (AvgIpc) is 3.13. The quantitative estimate of drug-likeness (QED) is 0.571. The zero-order chi connectivity index (χ0) is 22.5. The number of nitrogens with one attached hydrogen (secondary N) is 2. The number of hydrogen-bond donors (Lipinski definition) is 3. The van der Waals surface area contributed by atoms with Crippen molar-refractivity contribution in [1.82, 2.24) is 10.3 Å². The number of halogens is 1. The van der Waals surface area contributed by atoms with Crippen molar-refractivity contribution >= 4 is 46.6 Å². The SMILES string of the molecule is COC(=O)C(CO)NC(=O)c1csc(-c2ccc(NC(=O)OC(C)(C)C)cc2Cl)n1. The predicted octanol–water partition coefficient (Wildman–Crippen LogP) is 3.07. The lowest BCUT2D eigenvalue weighted by molar-refractivity contribution is -0.143. The highest BCUT2D eigenvalue weighted by atomic mass is 35.5. The normalized spacial score (nSPS) is 12.1. The number of carbonyl (C=O) groups excluding carboxylic acids is 3. The van der Waals surface area contributed by atoms with Crippen LogP contribution in [-0.2, 0) is 14.3 Å². The summed E-state index contributed by atoms with van der Waals surface area (Å²) in [7, 11) is 1.15. The van der Waals surface area contributed by atoms with Crippen LogP contribution in [0.4, 0.5) is 10.5 Å². The number of amides is 2. The molecule has 2 amide bonds. The standard InChI is InChI=1S/C19H22ClN3O6S/c1-19(2,3)29-18(27)21-10-5-6-11(12(20)7-10)16-23-14(9-30-16)15(25)22-13(8-24)17(26)28-4/h5-7,9,13,24H,8H2,1-4H3,(H,21,27)(H,22,25). The largest absolute Gasteiger partial charge is 0.467 e.